The van der Waals surface area contributed by atoms with Gasteiger partial charge < -0.3 is 29.8 Å². The zero-order valence-electron chi connectivity index (χ0n) is 65.2. The second kappa shape index (κ2) is 36.0. The summed E-state index contributed by atoms with van der Waals surface area (Å²) >= 11 is 0. The van der Waals surface area contributed by atoms with Crippen LogP contribution in [0.3, 0.4) is 0 Å². The van der Waals surface area contributed by atoms with Crippen LogP contribution in [0.5, 0.6) is 0 Å². The van der Waals surface area contributed by atoms with Gasteiger partial charge in [0.15, 0.2) is 0 Å². The van der Waals surface area contributed by atoms with Gasteiger partial charge in [0, 0.05) is 134 Å². The molecule has 2 saturated heterocycles. The molecule has 110 heavy (non-hydrogen) atoms. The Balaban J connectivity index is 0.000000175. The first-order chi connectivity index (χ1) is 54.0. The Labute approximate surface area is 647 Å². The van der Waals surface area contributed by atoms with Crippen molar-refractivity contribution in [3.8, 4) is 0 Å². The predicted molar refractivity (Wildman–Crippen MR) is 424 cm³/mol. The third-order valence-corrected chi connectivity index (χ3v) is 23.3. The number of nitrogens with zero attached hydrogens (tertiary/aromatic N) is 24. The molecule has 2 fully saturated rings. The van der Waals surface area contributed by atoms with Gasteiger partial charge in [-0.1, -0.05) is 20.5 Å². The number of aliphatic hydroxyl groups is 2. The van der Waals surface area contributed by atoms with Crippen LogP contribution in [0.2, 0.25) is 0 Å². The Bertz CT molecular complexity index is 4440. The van der Waals surface area contributed by atoms with E-state index in [0.29, 0.717) is 11.8 Å². The van der Waals surface area contributed by atoms with Gasteiger partial charge in [0.2, 0.25) is 12.7 Å². The molecule has 0 bridgehead atoms. The van der Waals surface area contributed by atoms with Crippen LogP contribution in [-0.4, -0.2) is 103 Å². The lowest BCUT2D eigenvalue weighted by Crippen LogP contribution is -2.34. The van der Waals surface area contributed by atoms with E-state index in [9.17, 15) is 10.2 Å². The number of aliphatic hydroxyl groups excluding tert-OH is 2. The van der Waals surface area contributed by atoms with E-state index in [-0.39, 0.29) is 13.2 Å². The molecule has 16 rings (SSSR count). The van der Waals surface area contributed by atoms with E-state index in [2.05, 4.69) is 209 Å². The molecule has 0 atom stereocenters. The van der Waals surface area contributed by atoms with Crippen LogP contribution in [-0.2, 0) is 106 Å². The number of azo groups is 4. The lowest BCUT2D eigenvalue weighted by Gasteiger charge is -2.36. The maximum absolute atomic E-state index is 9.25. The maximum atomic E-state index is 9.25. The molecule has 0 amide bonds. The van der Waals surface area contributed by atoms with Crippen molar-refractivity contribution in [1.82, 2.24) is 27.4 Å². The summed E-state index contributed by atoms with van der Waals surface area (Å²) in [7, 11) is 8.11. The lowest BCUT2D eigenvalue weighted by molar-refractivity contribution is -0.697. The van der Waals surface area contributed by atoms with Crippen molar-refractivity contribution in [3.05, 3.63) is 182 Å². The average Bonchev–Trinajstić information content (AvgIpc) is 1.24. The molecule has 2 N–H and O–H groups in total. The third-order valence-electron chi connectivity index (χ3n) is 23.3. The van der Waals surface area contributed by atoms with E-state index in [1.807, 2.05) is 74.0 Å². The van der Waals surface area contributed by atoms with Gasteiger partial charge in [0.1, 0.15) is 47.5 Å². The fourth-order valence-corrected chi connectivity index (χ4v) is 17.3. The van der Waals surface area contributed by atoms with Gasteiger partial charge in [-0.2, -0.15) is 0 Å². The molecule has 0 saturated carbocycles. The minimum absolute atomic E-state index is 0.290. The fraction of sp³-hybridized carbons (Fsp3) is 0.500. The van der Waals surface area contributed by atoms with Crippen molar-refractivity contribution in [1.29, 1.82) is 0 Å². The molecule has 0 spiro atoms. The van der Waals surface area contributed by atoms with Crippen LogP contribution < -0.4 is 47.0 Å². The normalized spacial score (nSPS) is 16.2. The summed E-state index contributed by atoms with van der Waals surface area (Å²) in [6.07, 6.45) is 49.4. The van der Waals surface area contributed by atoms with E-state index in [1.165, 1.54) is 96.9 Å². The van der Waals surface area contributed by atoms with Gasteiger partial charge in [-0.15, -0.1) is 0 Å². The zero-order chi connectivity index (χ0) is 75.1. The minimum atomic E-state index is 0.290. The number of imidazole rings is 6. The van der Waals surface area contributed by atoms with Gasteiger partial charge in [-0.25, -0.2) is 54.8 Å². The number of anilines is 4. The molecule has 0 aliphatic carbocycles. The molecule has 26 heteroatoms. The highest BCUT2D eigenvalue weighted by molar-refractivity contribution is 5.68. The highest BCUT2D eigenvalue weighted by Crippen LogP contribution is 2.41. The van der Waals surface area contributed by atoms with Gasteiger partial charge >= 0.3 is 23.8 Å². The Morgan fingerprint density at radius 2 is 0.664 bits per heavy atom. The van der Waals surface area contributed by atoms with E-state index in [1.54, 1.807) is 0 Å². The summed E-state index contributed by atoms with van der Waals surface area (Å²) < 4.78 is 26.0. The van der Waals surface area contributed by atoms with Crippen LogP contribution in [0.25, 0.3) is 0 Å². The molecule has 6 aliphatic rings. The van der Waals surface area contributed by atoms with Crippen LogP contribution in [0.1, 0.15) is 112 Å². The Morgan fingerprint density at radius 3 is 0.991 bits per heavy atom. The Kier molecular flexibility index (Phi) is 24.6. The quantitative estimate of drug-likeness (QED) is 0.0331. The fourth-order valence-electron chi connectivity index (χ4n) is 17.3. The van der Waals surface area contributed by atoms with E-state index in [0.717, 1.165) is 215 Å². The Morgan fingerprint density at radius 1 is 0.345 bits per heavy atom. The number of piperidine rings is 2. The second-order valence-corrected chi connectivity index (χ2v) is 31.1. The molecule has 0 radical (unpaired) electrons. The highest BCUT2D eigenvalue weighted by atomic mass is 16.3. The largest absolute Gasteiger partial charge is 0.421 e. The monoisotopic (exact) mass is 1490 g/mol. The predicted octanol–water partition coefficient (Wildman–Crippen LogP) is 12.7. The molecular formula is C84H114N24O2+6. The summed E-state index contributed by atoms with van der Waals surface area (Å²) in [5.41, 5.74) is 14.8. The number of benzene rings is 4. The van der Waals surface area contributed by atoms with Crippen molar-refractivity contribution in [2.45, 2.75) is 168 Å². The first-order valence-electron chi connectivity index (χ1n) is 40.7. The second-order valence-electron chi connectivity index (χ2n) is 31.1. The summed E-state index contributed by atoms with van der Waals surface area (Å²) in [5, 5.41) is 55.9. The molecule has 12 heterocycles. The average molecular weight is 1490 g/mol. The van der Waals surface area contributed by atoms with Gasteiger partial charge in [0.05, 0.1) is 130 Å². The summed E-state index contributed by atoms with van der Waals surface area (Å²) in [5.74, 6) is 4.68. The first kappa shape index (κ1) is 75.1. The van der Waals surface area contributed by atoms with Crippen LogP contribution in [0.4, 0.5) is 69.3 Å². The van der Waals surface area contributed by atoms with Crippen molar-refractivity contribution in [2.24, 2.45) is 80.9 Å². The van der Waals surface area contributed by atoms with E-state index in [4.69, 9.17) is 20.5 Å². The number of aryl methyl sites for hydroxylation is 16. The molecule has 26 nitrogen and oxygen atoms in total. The third kappa shape index (κ3) is 18.6. The summed E-state index contributed by atoms with van der Waals surface area (Å²) in [4.78, 5) is 9.99. The molecule has 4 aromatic carbocycles. The molecule has 10 aromatic rings. The molecule has 6 aliphatic heterocycles. The standard InChI is InChI=1S/C43H61N12O2.C41H53N12/c1-48-27-31-54(42(48)46-44-38-5-9-40(10-6-38)52-23-13-36(14-24-52)17-33-56)21-3-19-50-29-30-51(35-50)20-4-22-55-32-28-49(2)43(55)47-45-39-7-11-41(12-8-39)53-25-15-37(16-26-53)18-34-57;1-46-21-25-52(40(46)44-42-36-27-32-9-3-15-50-16-4-10-33(28-36)38(32)50)19-7-13-48-23-24-49(31-48)14-8-20-53-26-22-47(2)41(53)45-43-37-29-34-11-5-17-51-18-6-12-35(30-37)39(34)51/h5-12,27-32,35-37,56-57H,3-4,13-26,33-34H2,1-2H3;21-31H,3-20H2,1-2H3/q2*+3. The first-order valence-corrected chi connectivity index (χ1v) is 40.7. The zero-order valence-corrected chi connectivity index (χ0v) is 65.2. The number of rotatable bonds is 30. The topological polar surface area (TPSA) is 205 Å². The number of hydrogen-bond acceptors (Lipinski definition) is 14. The summed E-state index contributed by atoms with van der Waals surface area (Å²) in [6.45, 7) is 16.6. The molecule has 6 aromatic heterocycles. The van der Waals surface area contributed by atoms with E-state index < -0.39 is 0 Å². The minimum Gasteiger partial charge on any atom is -0.396 e. The maximum Gasteiger partial charge on any atom is 0.421 e. The highest BCUT2D eigenvalue weighted by Gasteiger charge is 2.29. The van der Waals surface area contributed by atoms with Gasteiger partial charge in [-0.3, -0.25) is 0 Å². The van der Waals surface area contributed by atoms with Crippen LogP contribution in [0.15, 0.2) is 201 Å². The molecular weight excluding hydrogens is 1380 g/mol. The number of aromatic nitrogens is 12. The number of hydrogen-bond donors (Lipinski definition) is 2. The van der Waals surface area contributed by atoms with Crippen molar-refractivity contribution in [3.63, 3.8) is 0 Å². The van der Waals surface area contributed by atoms with Gasteiger partial charge in [-0.05, 0) is 197 Å². The summed E-state index contributed by atoms with van der Waals surface area (Å²) in [6, 6.07) is 25.8. The SMILES string of the molecule is C[n+]1ccn(CCCn2cc[n+](CCCn3cc[n+](C)c3N=Nc3cc4c5c(c3)CCCN5CCC4)c2)c1N=Nc1cc2c3c(c1)CCCN3CCC2.C[n+]1ccn(CCCn2cc[n+](CCCn3cc[n+](C)c3N=Nc3ccc(N4CCC(CCO)CC4)cc3)c2)c1N=Nc1ccc(N2CCC(CCO)CC2)cc1. The van der Waals surface area contributed by atoms with E-state index >= 15 is 0 Å². The Hall–Kier alpha value is -10.3. The van der Waals surface area contributed by atoms with Crippen molar-refractivity contribution >= 4 is 69.3 Å². The van der Waals surface area contributed by atoms with Gasteiger partial charge in [0.25, 0.3) is 0 Å². The lowest BCUT2D eigenvalue weighted by atomic mass is 9.91. The van der Waals surface area contributed by atoms with Crippen molar-refractivity contribution in [2.75, 3.05) is 85.2 Å². The van der Waals surface area contributed by atoms with Crippen LogP contribution in [0, 0.1) is 11.8 Å². The molecule has 576 valence electrons. The molecule has 0 unspecified atom stereocenters. The van der Waals surface area contributed by atoms with Crippen LogP contribution >= 0.6 is 0 Å². The smallest absolute Gasteiger partial charge is 0.396 e. The van der Waals surface area contributed by atoms with Crippen molar-refractivity contribution < 1.29 is 37.6 Å².